The van der Waals surface area contributed by atoms with Gasteiger partial charge >= 0.3 is 0 Å². The number of benzene rings is 1. The molecule has 0 aliphatic carbocycles. The molecule has 1 unspecified atom stereocenters. The van der Waals surface area contributed by atoms with Crippen LogP contribution in [0.25, 0.3) is 0 Å². The number of hydrogen-bond acceptors (Lipinski definition) is 4. The first kappa shape index (κ1) is 14.2. The van der Waals surface area contributed by atoms with Gasteiger partial charge in [-0.1, -0.05) is 0 Å². The summed E-state index contributed by atoms with van der Waals surface area (Å²) in [4.78, 5) is 0.242. The van der Waals surface area contributed by atoms with Gasteiger partial charge in [0, 0.05) is 25.0 Å². The van der Waals surface area contributed by atoms with Gasteiger partial charge in [-0.15, -0.1) is 0 Å². The average Bonchev–Trinajstić information content (AvgIpc) is 2.94. The predicted octanol–water partition coefficient (Wildman–Crippen LogP) is 1.53. The SMILES string of the molecule is O=S1(=O)CCC(NCCn2cccn2)c2cc(F)ccc21. The standard InChI is InChI=1S/C14H16FN3O2S/c15-11-2-3-14-12(10-11)13(4-9-21(14,19)20)16-6-8-18-7-1-5-17-18/h1-3,5,7,10,13,16H,4,6,8-9H2. The van der Waals surface area contributed by atoms with Crippen molar-refractivity contribution in [2.45, 2.75) is 23.9 Å². The molecule has 1 aromatic carbocycles. The van der Waals surface area contributed by atoms with Gasteiger partial charge in [0.2, 0.25) is 0 Å². The molecule has 2 aromatic rings. The van der Waals surface area contributed by atoms with Crippen LogP contribution in [0.2, 0.25) is 0 Å². The number of hydrogen-bond donors (Lipinski definition) is 1. The molecule has 0 bridgehead atoms. The van der Waals surface area contributed by atoms with Crippen LogP contribution in [-0.2, 0) is 16.4 Å². The van der Waals surface area contributed by atoms with Gasteiger partial charge in [0.05, 0.1) is 17.2 Å². The molecule has 1 atom stereocenters. The zero-order valence-corrected chi connectivity index (χ0v) is 12.2. The molecule has 1 N–H and O–H groups in total. The van der Waals surface area contributed by atoms with Crippen LogP contribution < -0.4 is 5.32 Å². The van der Waals surface area contributed by atoms with Gasteiger partial charge in [0.15, 0.2) is 9.84 Å². The molecule has 0 radical (unpaired) electrons. The molecule has 3 rings (SSSR count). The third-order valence-electron chi connectivity index (χ3n) is 3.65. The molecular formula is C14H16FN3O2S. The van der Waals surface area contributed by atoms with E-state index in [1.54, 1.807) is 10.9 Å². The van der Waals surface area contributed by atoms with Gasteiger partial charge in [-0.05, 0) is 36.2 Å². The molecule has 0 fully saturated rings. The second kappa shape index (κ2) is 5.57. The number of nitrogens with zero attached hydrogens (tertiary/aromatic N) is 2. The number of nitrogens with one attached hydrogen (secondary N) is 1. The minimum Gasteiger partial charge on any atom is -0.308 e. The van der Waals surface area contributed by atoms with Gasteiger partial charge in [-0.3, -0.25) is 4.68 Å². The van der Waals surface area contributed by atoms with Crippen molar-refractivity contribution in [2.75, 3.05) is 12.3 Å². The molecule has 1 aliphatic rings. The highest BCUT2D eigenvalue weighted by Crippen LogP contribution is 2.32. The van der Waals surface area contributed by atoms with Gasteiger partial charge in [-0.25, -0.2) is 12.8 Å². The summed E-state index contributed by atoms with van der Waals surface area (Å²) in [6.45, 7) is 1.32. The zero-order chi connectivity index (χ0) is 14.9. The summed E-state index contributed by atoms with van der Waals surface area (Å²) in [5, 5.41) is 7.39. The first-order valence-electron chi connectivity index (χ1n) is 6.79. The fourth-order valence-corrected chi connectivity index (χ4v) is 4.21. The van der Waals surface area contributed by atoms with E-state index < -0.39 is 15.7 Å². The van der Waals surface area contributed by atoms with Crippen LogP contribution in [0.15, 0.2) is 41.6 Å². The fraction of sp³-hybridized carbons (Fsp3) is 0.357. The van der Waals surface area contributed by atoms with E-state index in [1.165, 1.54) is 18.2 Å². The van der Waals surface area contributed by atoms with Crippen LogP contribution in [0.4, 0.5) is 4.39 Å². The summed E-state index contributed by atoms with van der Waals surface area (Å²) in [5.41, 5.74) is 0.529. The van der Waals surface area contributed by atoms with Crippen LogP contribution >= 0.6 is 0 Å². The second-order valence-corrected chi connectivity index (χ2v) is 7.14. The third kappa shape index (κ3) is 2.98. The Morgan fingerprint density at radius 3 is 3.05 bits per heavy atom. The van der Waals surface area contributed by atoms with E-state index >= 15 is 0 Å². The Balaban J connectivity index is 1.76. The summed E-state index contributed by atoms with van der Waals surface area (Å²) in [7, 11) is -3.28. The van der Waals surface area contributed by atoms with Crippen molar-refractivity contribution in [1.82, 2.24) is 15.1 Å². The molecule has 1 aromatic heterocycles. The van der Waals surface area contributed by atoms with Crippen LogP contribution in [-0.4, -0.2) is 30.5 Å². The number of rotatable bonds is 4. The van der Waals surface area contributed by atoms with E-state index in [9.17, 15) is 12.8 Å². The lowest BCUT2D eigenvalue weighted by Crippen LogP contribution is -2.32. The van der Waals surface area contributed by atoms with Crippen LogP contribution in [0.3, 0.4) is 0 Å². The summed E-state index contributed by atoms with van der Waals surface area (Å²) in [6.07, 6.45) is 4.02. The lowest BCUT2D eigenvalue weighted by Gasteiger charge is -2.26. The summed E-state index contributed by atoms with van der Waals surface area (Å²) in [5.74, 6) is -0.324. The van der Waals surface area contributed by atoms with Gasteiger partial charge in [-0.2, -0.15) is 5.10 Å². The Morgan fingerprint density at radius 1 is 1.43 bits per heavy atom. The van der Waals surface area contributed by atoms with Gasteiger partial charge < -0.3 is 5.32 Å². The van der Waals surface area contributed by atoms with Crippen molar-refractivity contribution in [3.05, 3.63) is 48.0 Å². The summed E-state index contributed by atoms with van der Waals surface area (Å²) < 4.78 is 39.3. The maximum Gasteiger partial charge on any atom is 0.178 e. The molecule has 0 saturated heterocycles. The molecule has 1 aliphatic heterocycles. The second-order valence-electron chi connectivity index (χ2n) is 5.07. The van der Waals surface area contributed by atoms with Crippen molar-refractivity contribution in [3.63, 3.8) is 0 Å². The number of sulfone groups is 1. The molecule has 2 heterocycles. The van der Waals surface area contributed by atoms with Crippen molar-refractivity contribution < 1.29 is 12.8 Å². The van der Waals surface area contributed by atoms with Gasteiger partial charge in [0.1, 0.15) is 5.82 Å². The van der Waals surface area contributed by atoms with E-state index in [1.807, 2.05) is 12.3 Å². The van der Waals surface area contributed by atoms with Crippen molar-refractivity contribution in [2.24, 2.45) is 0 Å². The Hall–Kier alpha value is -1.73. The number of fused-ring (bicyclic) bond motifs is 1. The minimum absolute atomic E-state index is 0.0884. The van der Waals surface area contributed by atoms with Crippen LogP contribution in [0.5, 0.6) is 0 Å². The number of aromatic nitrogens is 2. The first-order valence-corrected chi connectivity index (χ1v) is 8.44. The van der Waals surface area contributed by atoms with E-state index in [0.717, 1.165) is 0 Å². The minimum atomic E-state index is -3.28. The van der Waals surface area contributed by atoms with Crippen molar-refractivity contribution >= 4 is 9.84 Å². The Labute approximate surface area is 122 Å². The van der Waals surface area contributed by atoms with E-state index in [0.29, 0.717) is 25.1 Å². The predicted molar refractivity (Wildman–Crippen MR) is 76.0 cm³/mol. The van der Waals surface area contributed by atoms with E-state index in [4.69, 9.17) is 0 Å². The summed E-state index contributed by atoms with van der Waals surface area (Å²) in [6, 6.07) is 5.58. The smallest absolute Gasteiger partial charge is 0.178 e. The van der Waals surface area contributed by atoms with E-state index in [-0.39, 0.29) is 16.7 Å². The quantitative estimate of drug-likeness (QED) is 0.870. The van der Waals surface area contributed by atoms with E-state index in [2.05, 4.69) is 10.4 Å². The number of halogens is 1. The summed E-state index contributed by atoms with van der Waals surface area (Å²) >= 11 is 0. The Bertz CT molecular complexity index is 729. The third-order valence-corrected chi connectivity index (χ3v) is 5.46. The monoisotopic (exact) mass is 309 g/mol. The molecule has 5 nitrogen and oxygen atoms in total. The molecule has 7 heteroatoms. The Morgan fingerprint density at radius 2 is 2.29 bits per heavy atom. The molecular weight excluding hydrogens is 293 g/mol. The highest BCUT2D eigenvalue weighted by Gasteiger charge is 2.30. The normalized spacial score (nSPS) is 20.1. The average molecular weight is 309 g/mol. The van der Waals surface area contributed by atoms with Crippen LogP contribution in [0, 0.1) is 5.82 Å². The fourth-order valence-electron chi connectivity index (χ4n) is 2.61. The molecule has 0 spiro atoms. The maximum absolute atomic E-state index is 13.4. The molecule has 112 valence electrons. The van der Waals surface area contributed by atoms with Gasteiger partial charge in [0.25, 0.3) is 0 Å². The highest BCUT2D eigenvalue weighted by atomic mass is 32.2. The van der Waals surface area contributed by atoms with Crippen molar-refractivity contribution in [3.8, 4) is 0 Å². The largest absolute Gasteiger partial charge is 0.308 e. The molecule has 0 saturated carbocycles. The first-order chi connectivity index (χ1) is 10.1. The highest BCUT2D eigenvalue weighted by molar-refractivity contribution is 7.91. The van der Waals surface area contributed by atoms with Crippen LogP contribution in [0.1, 0.15) is 18.0 Å². The maximum atomic E-state index is 13.4. The lowest BCUT2D eigenvalue weighted by molar-refractivity contribution is 0.459. The van der Waals surface area contributed by atoms with Crippen molar-refractivity contribution in [1.29, 1.82) is 0 Å². The molecule has 0 amide bonds. The lowest BCUT2D eigenvalue weighted by atomic mass is 10.0. The zero-order valence-electron chi connectivity index (χ0n) is 11.4. The topological polar surface area (TPSA) is 64.0 Å². The molecule has 21 heavy (non-hydrogen) atoms. The Kier molecular flexibility index (Phi) is 3.77.